The molecule has 1 heterocycles. The number of hydrogen-bond donors (Lipinski definition) is 2. The molecule has 0 unspecified atom stereocenters. The summed E-state index contributed by atoms with van der Waals surface area (Å²) in [7, 11) is -1.48. The van der Waals surface area contributed by atoms with Crippen molar-refractivity contribution in [2.45, 2.75) is 13.0 Å². The predicted molar refractivity (Wildman–Crippen MR) is 73.2 cm³/mol. The number of carbonyl (C=O) groups is 1. The minimum Gasteiger partial charge on any atom is -0.395 e. The first kappa shape index (κ1) is 16.6. The monoisotopic (exact) mass is 304 g/mol. The Labute approximate surface area is 118 Å². The Morgan fingerprint density at radius 1 is 1.55 bits per heavy atom. The number of sulfonamides is 1. The van der Waals surface area contributed by atoms with E-state index in [9.17, 15) is 13.2 Å². The van der Waals surface area contributed by atoms with Gasteiger partial charge in [-0.1, -0.05) is 0 Å². The molecule has 1 rings (SSSR count). The van der Waals surface area contributed by atoms with Crippen LogP contribution in [0, 0.1) is 0 Å². The quantitative estimate of drug-likeness (QED) is 0.620. The van der Waals surface area contributed by atoms with Gasteiger partial charge in [-0.15, -0.1) is 0 Å². The van der Waals surface area contributed by atoms with Gasteiger partial charge in [0.2, 0.25) is 15.9 Å². The van der Waals surface area contributed by atoms with Crippen molar-refractivity contribution < 1.29 is 18.3 Å². The zero-order valence-corrected chi connectivity index (χ0v) is 12.4. The normalized spacial score (nSPS) is 11.6. The van der Waals surface area contributed by atoms with Crippen LogP contribution < -0.4 is 4.72 Å². The van der Waals surface area contributed by atoms with Crippen LogP contribution in [-0.4, -0.2) is 59.8 Å². The Hall–Kier alpha value is -1.45. The van der Waals surface area contributed by atoms with Crippen LogP contribution in [0.3, 0.4) is 0 Å². The summed E-state index contributed by atoms with van der Waals surface area (Å²) < 4.78 is 25.9. The highest BCUT2D eigenvalue weighted by Gasteiger charge is 2.15. The SMILES string of the molecule is Cn1cncc1CN(CCO)C(=O)CCNS(C)(=O)=O. The summed E-state index contributed by atoms with van der Waals surface area (Å²) in [5, 5.41) is 9.01. The Morgan fingerprint density at radius 3 is 2.75 bits per heavy atom. The average molecular weight is 304 g/mol. The van der Waals surface area contributed by atoms with E-state index in [0.29, 0.717) is 6.54 Å². The summed E-state index contributed by atoms with van der Waals surface area (Å²) in [5.74, 6) is -0.226. The van der Waals surface area contributed by atoms with Gasteiger partial charge in [-0.3, -0.25) is 4.79 Å². The van der Waals surface area contributed by atoms with Crippen LogP contribution in [-0.2, 0) is 28.4 Å². The molecule has 0 aromatic carbocycles. The number of carbonyl (C=O) groups excluding carboxylic acids is 1. The standard InChI is InChI=1S/C11H20N4O4S/c1-14-9-12-7-10(14)8-15(5-6-16)11(17)3-4-13-20(2,18)19/h7,9,13,16H,3-6,8H2,1-2H3. The van der Waals surface area contributed by atoms with Gasteiger partial charge in [-0.2, -0.15) is 0 Å². The highest BCUT2D eigenvalue weighted by atomic mass is 32.2. The van der Waals surface area contributed by atoms with Gasteiger partial charge in [0.1, 0.15) is 0 Å². The van der Waals surface area contributed by atoms with Crippen LogP contribution in [0.4, 0.5) is 0 Å². The first-order chi connectivity index (χ1) is 9.33. The number of aryl methyl sites for hydroxylation is 1. The van der Waals surface area contributed by atoms with E-state index in [1.54, 1.807) is 17.1 Å². The zero-order valence-electron chi connectivity index (χ0n) is 11.6. The maximum absolute atomic E-state index is 12.0. The molecule has 9 heteroatoms. The smallest absolute Gasteiger partial charge is 0.224 e. The number of rotatable bonds is 8. The van der Waals surface area contributed by atoms with E-state index >= 15 is 0 Å². The largest absolute Gasteiger partial charge is 0.395 e. The number of nitrogens with zero attached hydrogens (tertiary/aromatic N) is 3. The first-order valence-corrected chi connectivity index (χ1v) is 8.01. The highest BCUT2D eigenvalue weighted by molar-refractivity contribution is 7.88. The fourth-order valence-electron chi connectivity index (χ4n) is 1.65. The number of aliphatic hydroxyl groups is 1. The molecule has 20 heavy (non-hydrogen) atoms. The number of hydrogen-bond acceptors (Lipinski definition) is 5. The van der Waals surface area contributed by atoms with Crippen LogP contribution >= 0.6 is 0 Å². The molecule has 1 amide bonds. The van der Waals surface area contributed by atoms with Crippen molar-refractivity contribution in [2.24, 2.45) is 7.05 Å². The number of amides is 1. The van der Waals surface area contributed by atoms with Crippen LogP contribution in [0.1, 0.15) is 12.1 Å². The minimum atomic E-state index is -3.30. The van der Waals surface area contributed by atoms with Crippen LogP contribution in [0.2, 0.25) is 0 Å². The number of aromatic nitrogens is 2. The molecule has 0 aliphatic heterocycles. The molecule has 114 valence electrons. The van der Waals surface area contributed by atoms with Crippen molar-refractivity contribution in [2.75, 3.05) is 26.0 Å². The Kier molecular flexibility index (Phi) is 6.11. The molecule has 0 atom stereocenters. The summed E-state index contributed by atoms with van der Waals surface area (Å²) >= 11 is 0. The maximum Gasteiger partial charge on any atom is 0.224 e. The molecule has 0 saturated heterocycles. The third-order valence-electron chi connectivity index (χ3n) is 2.70. The van der Waals surface area contributed by atoms with Gasteiger partial charge < -0.3 is 14.6 Å². The van der Waals surface area contributed by atoms with Gasteiger partial charge >= 0.3 is 0 Å². The van der Waals surface area contributed by atoms with E-state index in [-0.39, 0.29) is 32.0 Å². The lowest BCUT2D eigenvalue weighted by Gasteiger charge is -2.21. The molecule has 0 aliphatic carbocycles. The van der Waals surface area contributed by atoms with E-state index in [2.05, 4.69) is 9.71 Å². The summed E-state index contributed by atoms with van der Waals surface area (Å²) in [6.45, 7) is 0.422. The molecule has 0 fully saturated rings. The van der Waals surface area contributed by atoms with Crippen molar-refractivity contribution in [3.05, 3.63) is 18.2 Å². The molecule has 0 bridgehead atoms. The molecule has 0 spiro atoms. The lowest BCUT2D eigenvalue weighted by Crippen LogP contribution is -2.36. The van der Waals surface area contributed by atoms with Crippen molar-refractivity contribution in [3.63, 3.8) is 0 Å². The van der Waals surface area contributed by atoms with Crippen LogP contribution in [0.5, 0.6) is 0 Å². The predicted octanol–water partition coefficient (Wildman–Crippen LogP) is -1.32. The van der Waals surface area contributed by atoms with Gasteiger partial charge in [0, 0.05) is 32.8 Å². The van der Waals surface area contributed by atoms with Crippen LogP contribution in [0.25, 0.3) is 0 Å². The second-order valence-electron chi connectivity index (χ2n) is 4.45. The third-order valence-corrected chi connectivity index (χ3v) is 3.42. The fourth-order valence-corrected chi connectivity index (χ4v) is 2.12. The van der Waals surface area contributed by atoms with Crippen LogP contribution in [0.15, 0.2) is 12.5 Å². The maximum atomic E-state index is 12.0. The molecule has 2 N–H and O–H groups in total. The van der Waals surface area contributed by atoms with E-state index in [1.807, 2.05) is 7.05 Å². The van der Waals surface area contributed by atoms with E-state index in [0.717, 1.165) is 11.9 Å². The second kappa shape index (κ2) is 7.36. The average Bonchev–Trinajstić information content (AvgIpc) is 2.72. The van der Waals surface area contributed by atoms with Crippen molar-refractivity contribution >= 4 is 15.9 Å². The molecule has 1 aromatic heterocycles. The Bertz CT molecular complexity index is 540. The van der Waals surface area contributed by atoms with Gasteiger partial charge in [0.05, 0.1) is 31.4 Å². The minimum absolute atomic E-state index is 0.0465. The highest BCUT2D eigenvalue weighted by Crippen LogP contribution is 2.04. The zero-order chi connectivity index (χ0) is 15.2. The molecule has 8 nitrogen and oxygen atoms in total. The molecule has 0 aliphatic rings. The van der Waals surface area contributed by atoms with Gasteiger partial charge in [0.15, 0.2) is 0 Å². The summed E-state index contributed by atoms with van der Waals surface area (Å²) in [6.07, 6.45) is 4.36. The third kappa shape index (κ3) is 5.68. The lowest BCUT2D eigenvalue weighted by atomic mass is 10.3. The Balaban J connectivity index is 2.57. The lowest BCUT2D eigenvalue weighted by molar-refractivity contribution is -0.132. The molecule has 0 radical (unpaired) electrons. The van der Waals surface area contributed by atoms with Gasteiger partial charge in [-0.25, -0.2) is 18.1 Å². The van der Waals surface area contributed by atoms with Crippen molar-refractivity contribution in [3.8, 4) is 0 Å². The Morgan fingerprint density at radius 2 is 2.25 bits per heavy atom. The topological polar surface area (TPSA) is 105 Å². The fraction of sp³-hybridized carbons (Fsp3) is 0.636. The summed E-state index contributed by atoms with van der Waals surface area (Å²) in [4.78, 5) is 17.4. The number of nitrogens with one attached hydrogen (secondary N) is 1. The van der Waals surface area contributed by atoms with Gasteiger partial charge in [0.25, 0.3) is 0 Å². The van der Waals surface area contributed by atoms with E-state index < -0.39 is 10.0 Å². The molecular formula is C11H20N4O4S. The molecule has 1 aromatic rings. The second-order valence-corrected chi connectivity index (χ2v) is 6.28. The van der Waals surface area contributed by atoms with Crippen molar-refractivity contribution in [1.82, 2.24) is 19.2 Å². The number of imidazole rings is 1. The van der Waals surface area contributed by atoms with Gasteiger partial charge in [-0.05, 0) is 0 Å². The molecular weight excluding hydrogens is 284 g/mol. The van der Waals surface area contributed by atoms with E-state index in [1.165, 1.54) is 4.90 Å². The van der Waals surface area contributed by atoms with Crippen molar-refractivity contribution in [1.29, 1.82) is 0 Å². The summed E-state index contributed by atoms with van der Waals surface area (Å²) in [6, 6.07) is 0. The first-order valence-electron chi connectivity index (χ1n) is 6.12. The summed E-state index contributed by atoms with van der Waals surface area (Å²) in [5.41, 5.74) is 0.836. The van der Waals surface area contributed by atoms with E-state index in [4.69, 9.17) is 5.11 Å². The number of aliphatic hydroxyl groups excluding tert-OH is 1. The molecule has 0 saturated carbocycles.